The van der Waals surface area contributed by atoms with Crippen LogP contribution in [-0.4, -0.2) is 38.2 Å². The summed E-state index contributed by atoms with van der Waals surface area (Å²) in [5, 5.41) is 0. The first kappa shape index (κ1) is 17.1. The first-order valence-electron chi connectivity index (χ1n) is 8.33. The normalized spacial score (nSPS) is 19.2. The van der Waals surface area contributed by atoms with Crippen LogP contribution in [0.2, 0.25) is 0 Å². The molecule has 0 aliphatic carbocycles. The number of sulfonamides is 1. The van der Waals surface area contributed by atoms with Crippen molar-refractivity contribution >= 4 is 10.0 Å². The van der Waals surface area contributed by atoms with E-state index in [1.165, 1.54) is 5.56 Å². The molecular formula is C19H23NO3S. The minimum Gasteiger partial charge on any atom is -0.378 e. The van der Waals surface area contributed by atoms with Crippen molar-refractivity contribution in [3.05, 3.63) is 71.8 Å². The summed E-state index contributed by atoms with van der Waals surface area (Å²) in [7, 11) is -3.30. The molecular weight excluding hydrogens is 322 g/mol. The van der Waals surface area contributed by atoms with Crippen molar-refractivity contribution in [3.63, 3.8) is 0 Å². The Kier molecular flexibility index (Phi) is 5.66. The molecule has 0 saturated carbocycles. The summed E-state index contributed by atoms with van der Waals surface area (Å²) in [6.07, 6.45) is 1.41. The van der Waals surface area contributed by atoms with Crippen LogP contribution < -0.4 is 0 Å². The molecule has 4 nitrogen and oxygen atoms in total. The molecule has 1 fully saturated rings. The Balaban J connectivity index is 1.67. The lowest BCUT2D eigenvalue weighted by atomic mass is 10.1. The van der Waals surface area contributed by atoms with Gasteiger partial charge in [0.05, 0.1) is 25.0 Å². The lowest BCUT2D eigenvalue weighted by Gasteiger charge is -2.34. The van der Waals surface area contributed by atoms with Crippen molar-refractivity contribution in [2.24, 2.45) is 0 Å². The van der Waals surface area contributed by atoms with E-state index in [2.05, 4.69) is 0 Å². The number of hydrogen-bond acceptors (Lipinski definition) is 3. The summed E-state index contributed by atoms with van der Waals surface area (Å²) in [5.41, 5.74) is 2.16. The molecule has 1 aliphatic heterocycles. The molecule has 1 heterocycles. The summed E-state index contributed by atoms with van der Waals surface area (Å²) in [6.45, 7) is 1.30. The zero-order chi connectivity index (χ0) is 16.8. The number of aryl methyl sites for hydroxylation is 1. The molecule has 1 aliphatic rings. The molecule has 0 amide bonds. The Morgan fingerprint density at radius 3 is 2.38 bits per heavy atom. The first-order valence-corrected chi connectivity index (χ1v) is 9.94. The van der Waals surface area contributed by atoms with Gasteiger partial charge in [-0.15, -0.1) is 0 Å². The third kappa shape index (κ3) is 4.23. The maximum Gasteiger partial charge on any atom is 0.214 e. The van der Waals surface area contributed by atoms with Gasteiger partial charge in [0.1, 0.15) is 0 Å². The topological polar surface area (TPSA) is 46.6 Å². The Bertz CT molecular complexity index is 732. The number of benzene rings is 2. The van der Waals surface area contributed by atoms with Gasteiger partial charge in [0.15, 0.2) is 0 Å². The fourth-order valence-corrected chi connectivity index (χ4v) is 4.75. The van der Waals surface area contributed by atoms with E-state index < -0.39 is 10.0 Å². The maximum atomic E-state index is 12.8. The minimum absolute atomic E-state index is 0.172. The quantitative estimate of drug-likeness (QED) is 0.808. The van der Waals surface area contributed by atoms with Crippen molar-refractivity contribution in [1.29, 1.82) is 0 Å². The predicted molar refractivity (Wildman–Crippen MR) is 95.3 cm³/mol. The Morgan fingerprint density at radius 1 is 1.00 bits per heavy atom. The molecule has 1 saturated heterocycles. The van der Waals surface area contributed by atoms with Gasteiger partial charge in [-0.2, -0.15) is 4.31 Å². The second-order valence-corrected chi connectivity index (χ2v) is 8.06. The van der Waals surface area contributed by atoms with E-state index >= 15 is 0 Å². The van der Waals surface area contributed by atoms with Crippen molar-refractivity contribution in [3.8, 4) is 0 Å². The molecule has 0 spiro atoms. The Hall–Kier alpha value is -1.69. The highest BCUT2D eigenvalue weighted by Gasteiger charge is 2.33. The highest BCUT2D eigenvalue weighted by molar-refractivity contribution is 7.89. The zero-order valence-corrected chi connectivity index (χ0v) is 14.5. The fourth-order valence-electron chi connectivity index (χ4n) is 3.08. The van der Waals surface area contributed by atoms with E-state index in [1.54, 1.807) is 4.31 Å². The summed E-state index contributed by atoms with van der Waals surface area (Å²) in [5.74, 6) is 0.172. The molecule has 128 valence electrons. The minimum atomic E-state index is -3.30. The van der Waals surface area contributed by atoms with Crippen molar-refractivity contribution < 1.29 is 13.2 Å². The second kappa shape index (κ2) is 7.92. The maximum absolute atomic E-state index is 12.8. The molecule has 2 aromatic carbocycles. The van der Waals surface area contributed by atoms with Crippen LogP contribution in [0.25, 0.3) is 0 Å². The van der Waals surface area contributed by atoms with Crippen LogP contribution in [0.3, 0.4) is 0 Å². The SMILES string of the molecule is O=S(=O)(CCCc1ccccc1)N1CCOCC1c1ccccc1. The van der Waals surface area contributed by atoms with Crippen LogP contribution in [0.1, 0.15) is 23.6 Å². The number of rotatable bonds is 6. The van der Waals surface area contributed by atoms with E-state index in [0.717, 1.165) is 12.0 Å². The number of morpholine rings is 1. The average Bonchev–Trinajstić information content (AvgIpc) is 2.63. The monoisotopic (exact) mass is 345 g/mol. The molecule has 2 aromatic rings. The molecule has 24 heavy (non-hydrogen) atoms. The van der Waals surface area contributed by atoms with Gasteiger partial charge in [-0.05, 0) is 24.0 Å². The van der Waals surface area contributed by atoms with E-state index in [1.807, 2.05) is 60.7 Å². The van der Waals surface area contributed by atoms with Crippen LogP contribution in [0.15, 0.2) is 60.7 Å². The smallest absolute Gasteiger partial charge is 0.214 e. The van der Waals surface area contributed by atoms with Gasteiger partial charge in [-0.3, -0.25) is 0 Å². The summed E-state index contributed by atoms with van der Waals surface area (Å²) < 4.78 is 32.8. The van der Waals surface area contributed by atoms with Gasteiger partial charge >= 0.3 is 0 Å². The molecule has 0 N–H and O–H groups in total. The average molecular weight is 345 g/mol. The predicted octanol–water partition coefficient (Wildman–Crippen LogP) is 3.02. The molecule has 5 heteroatoms. The highest BCUT2D eigenvalue weighted by atomic mass is 32.2. The lowest BCUT2D eigenvalue weighted by molar-refractivity contribution is 0.0321. The Morgan fingerprint density at radius 2 is 1.67 bits per heavy atom. The molecule has 0 bridgehead atoms. The van der Waals surface area contributed by atoms with Crippen LogP contribution in [0, 0.1) is 0 Å². The van der Waals surface area contributed by atoms with Gasteiger partial charge in [0.2, 0.25) is 10.0 Å². The number of ether oxygens (including phenoxy) is 1. The first-order chi connectivity index (χ1) is 11.7. The lowest BCUT2D eigenvalue weighted by Crippen LogP contribution is -2.44. The van der Waals surface area contributed by atoms with Crippen LogP contribution in [-0.2, 0) is 21.2 Å². The number of nitrogens with zero attached hydrogens (tertiary/aromatic N) is 1. The van der Waals surface area contributed by atoms with E-state index in [9.17, 15) is 8.42 Å². The van der Waals surface area contributed by atoms with Crippen LogP contribution >= 0.6 is 0 Å². The molecule has 1 unspecified atom stereocenters. The van der Waals surface area contributed by atoms with E-state index in [-0.39, 0.29) is 11.8 Å². The largest absolute Gasteiger partial charge is 0.378 e. The van der Waals surface area contributed by atoms with Crippen molar-refractivity contribution in [1.82, 2.24) is 4.31 Å². The fraction of sp³-hybridized carbons (Fsp3) is 0.368. The zero-order valence-electron chi connectivity index (χ0n) is 13.7. The molecule has 1 atom stereocenters. The van der Waals surface area contributed by atoms with Crippen molar-refractivity contribution in [2.75, 3.05) is 25.5 Å². The van der Waals surface area contributed by atoms with Gasteiger partial charge in [-0.25, -0.2) is 8.42 Å². The third-order valence-electron chi connectivity index (χ3n) is 4.33. The van der Waals surface area contributed by atoms with E-state index in [0.29, 0.717) is 26.2 Å². The van der Waals surface area contributed by atoms with Crippen LogP contribution in [0.4, 0.5) is 0 Å². The van der Waals surface area contributed by atoms with Crippen molar-refractivity contribution in [2.45, 2.75) is 18.9 Å². The molecule has 0 aromatic heterocycles. The summed E-state index contributed by atoms with van der Waals surface area (Å²) in [4.78, 5) is 0. The van der Waals surface area contributed by atoms with E-state index in [4.69, 9.17) is 4.74 Å². The standard InChI is InChI=1S/C19H23NO3S/c21-24(22,15-7-10-17-8-3-1-4-9-17)20-13-14-23-16-19(20)18-11-5-2-6-12-18/h1-6,8-9,11-12,19H,7,10,13-16H2. The molecule has 0 radical (unpaired) electrons. The third-order valence-corrected chi connectivity index (χ3v) is 6.29. The molecule has 3 rings (SSSR count). The van der Waals surface area contributed by atoms with Gasteiger partial charge in [0.25, 0.3) is 0 Å². The second-order valence-electron chi connectivity index (χ2n) is 6.02. The summed E-state index contributed by atoms with van der Waals surface area (Å²) in [6, 6.07) is 19.5. The number of hydrogen-bond donors (Lipinski definition) is 0. The van der Waals surface area contributed by atoms with Gasteiger partial charge < -0.3 is 4.74 Å². The van der Waals surface area contributed by atoms with Crippen LogP contribution in [0.5, 0.6) is 0 Å². The Labute approximate surface area is 144 Å². The van der Waals surface area contributed by atoms with Gasteiger partial charge in [-0.1, -0.05) is 60.7 Å². The van der Waals surface area contributed by atoms with Gasteiger partial charge in [0, 0.05) is 6.54 Å². The summed E-state index contributed by atoms with van der Waals surface area (Å²) >= 11 is 0. The highest BCUT2D eigenvalue weighted by Crippen LogP contribution is 2.27.